The van der Waals surface area contributed by atoms with Gasteiger partial charge in [-0.2, -0.15) is 0 Å². The summed E-state index contributed by atoms with van der Waals surface area (Å²) in [5.41, 5.74) is 6.48. The van der Waals surface area contributed by atoms with Crippen molar-refractivity contribution >= 4 is 0 Å². The van der Waals surface area contributed by atoms with E-state index in [4.69, 9.17) is 19.6 Å². The number of hydrogen-bond acceptors (Lipinski definition) is 6. The second-order valence-electron chi connectivity index (χ2n) is 3.97. The first kappa shape index (κ1) is 13.4. The number of rotatable bonds is 6. The van der Waals surface area contributed by atoms with Crippen molar-refractivity contribution in [2.24, 2.45) is 5.73 Å². The van der Waals surface area contributed by atoms with Crippen LogP contribution in [0.3, 0.4) is 0 Å². The van der Waals surface area contributed by atoms with Crippen molar-refractivity contribution in [3.8, 4) is 11.5 Å². The summed E-state index contributed by atoms with van der Waals surface area (Å²) in [7, 11) is 3.26. The van der Waals surface area contributed by atoms with Gasteiger partial charge < -0.3 is 19.6 Å². The quantitative estimate of drug-likeness (QED) is 0.846. The lowest BCUT2D eigenvalue weighted by atomic mass is 10.1. The maximum atomic E-state index is 5.42. The highest BCUT2D eigenvalue weighted by atomic mass is 16.5. The van der Waals surface area contributed by atoms with Gasteiger partial charge in [0.25, 0.3) is 0 Å². The Kier molecular flexibility index (Phi) is 4.35. The summed E-state index contributed by atoms with van der Waals surface area (Å²) >= 11 is 0. The van der Waals surface area contributed by atoms with Crippen LogP contribution >= 0.6 is 0 Å². The topological polar surface area (TPSA) is 83.4 Å². The van der Waals surface area contributed by atoms with Gasteiger partial charge in [0.2, 0.25) is 11.8 Å². The van der Waals surface area contributed by atoms with E-state index in [-0.39, 0.29) is 6.54 Å². The van der Waals surface area contributed by atoms with Crippen LogP contribution in [0.1, 0.15) is 17.3 Å². The summed E-state index contributed by atoms with van der Waals surface area (Å²) in [5.74, 6) is 2.59. The number of benzene rings is 1. The Morgan fingerprint density at radius 3 is 2.53 bits per heavy atom. The minimum absolute atomic E-state index is 0.263. The van der Waals surface area contributed by atoms with Gasteiger partial charge in [0.05, 0.1) is 20.8 Å². The lowest BCUT2D eigenvalue weighted by molar-refractivity contribution is 0.390. The molecule has 2 aromatic rings. The van der Waals surface area contributed by atoms with Crippen LogP contribution in [0.4, 0.5) is 0 Å². The lowest BCUT2D eigenvalue weighted by Gasteiger charge is -2.09. The minimum Gasteiger partial charge on any atom is -0.497 e. The zero-order valence-corrected chi connectivity index (χ0v) is 11.0. The van der Waals surface area contributed by atoms with E-state index in [0.29, 0.717) is 18.2 Å². The molecule has 0 amide bonds. The highest BCUT2D eigenvalue weighted by Gasteiger charge is 2.09. The smallest absolute Gasteiger partial charge is 0.230 e. The normalized spacial score (nSPS) is 10.5. The number of methoxy groups -OCH3 is 2. The molecule has 2 rings (SSSR count). The maximum absolute atomic E-state index is 5.42. The van der Waals surface area contributed by atoms with Gasteiger partial charge in [-0.05, 0) is 18.1 Å². The number of nitrogens with two attached hydrogens (primary N) is 1. The van der Waals surface area contributed by atoms with Crippen LogP contribution in [0.25, 0.3) is 0 Å². The molecule has 2 N–H and O–H groups in total. The first-order valence-corrected chi connectivity index (χ1v) is 5.99. The predicted octanol–water partition coefficient (Wildman–Crippen LogP) is 1.33. The van der Waals surface area contributed by atoms with Crippen molar-refractivity contribution in [3.63, 3.8) is 0 Å². The largest absolute Gasteiger partial charge is 0.497 e. The van der Waals surface area contributed by atoms with E-state index in [1.54, 1.807) is 14.2 Å². The maximum Gasteiger partial charge on any atom is 0.230 e. The van der Waals surface area contributed by atoms with Crippen LogP contribution in [-0.4, -0.2) is 24.4 Å². The summed E-state index contributed by atoms with van der Waals surface area (Å²) in [4.78, 5) is 0. The Balaban J connectivity index is 2.06. The predicted molar refractivity (Wildman–Crippen MR) is 69.1 cm³/mol. The molecule has 0 bridgehead atoms. The van der Waals surface area contributed by atoms with E-state index in [1.165, 1.54) is 0 Å². The molecule has 0 spiro atoms. The summed E-state index contributed by atoms with van der Waals surface area (Å²) in [5, 5.41) is 7.75. The van der Waals surface area contributed by atoms with E-state index < -0.39 is 0 Å². The molecule has 0 saturated carbocycles. The molecule has 0 aliphatic heterocycles. The van der Waals surface area contributed by atoms with Gasteiger partial charge in [-0.25, -0.2) is 0 Å². The average molecular weight is 263 g/mol. The molecule has 0 saturated heterocycles. The second kappa shape index (κ2) is 6.19. The molecular weight excluding hydrogens is 246 g/mol. The SMILES string of the molecule is COc1ccc(CCc2nnc(CN)o2)c(OC)c1. The molecule has 102 valence electrons. The summed E-state index contributed by atoms with van der Waals surface area (Å²) in [6, 6.07) is 5.73. The molecule has 0 atom stereocenters. The van der Waals surface area contributed by atoms with Gasteiger partial charge in [0, 0.05) is 12.5 Å². The first-order valence-electron chi connectivity index (χ1n) is 5.99. The van der Waals surface area contributed by atoms with Gasteiger partial charge >= 0.3 is 0 Å². The van der Waals surface area contributed by atoms with E-state index in [0.717, 1.165) is 23.5 Å². The number of hydrogen-bond donors (Lipinski definition) is 1. The number of nitrogens with zero attached hydrogens (tertiary/aromatic N) is 2. The molecule has 0 aliphatic carbocycles. The van der Waals surface area contributed by atoms with Gasteiger partial charge in [-0.3, -0.25) is 0 Å². The molecule has 6 nitrogen and oxygen atoms in total. The number of aryl methyl sites for hydroxylation is 2. The molecular formula is C13H17N3O3. The van der Waals surface area contributed by atoms with Gasteiger partial charge in [0.15, 0.2) is 0 Å². The average Bonchev–Trinajstić information content (AvgIpc) is 2.92. The van der Waals surface area contributed by atoms with E-state index in [9.17, 15) is 0 Å². The van der Waals surface area contributed by atoms with Crippen LogP contribution < -0.4 is 15.2 Å². The zero-order valence-electron chi connectivity index (χ0n) is 11.0. The lowest BCUT2D eigenvalue weighted by Crippen LogP contribution is -1.97. The molecule has 0 aliphatic rings. The molecule has 0 radical (unpaired) electrons. The molecule has 0 unspecified atom stereocenters. The molecule has 6 heteroatoms. The van der Waals surface area contributed by atoms with E-state index >= 15 is 0 Å². The Labute approximate surface area is 111 Å². The van der Waals surface area contributed by atoms with Crippen LogP contribution in [0, 0.1) is 0 Å². The van der Waals surface area contributed by atoms with Gasteiger partial charge in [-0.1, -0.05) is 6.07 Å². The summed E-state index contributed by atoms with van der Waals surface area (Å²) in [6.07, 6.45) is 1.40. The fraction of sp³-hybridized carbons (Fsp3) is 0.385. The first-order chi connectivity index (χ1) is 9.26. The highest BCUT2D eigenvalue weighted by Crippen LogP contribution is 2.25. The van der Waals surface area contributed by atoms with Crippen LogP contribution in [0.5, 0.6) is 11.5 Å². The van der Waals surface area contributed by atoms with Crippen molar-refractivity contribution in [2.45, 2.75) is 19.4 Å². The Hall–Kier alpha value is -2.08. The molecule has 1 heterocycles. The monoisotopic (exact) mass is 263 g/mol. The Bertz CT molecular complexity index is 540. The fourth-order valence-corrected chi connectivity index (χ4v) is 1.77. The minimum atomic E-state index is 0.263. The molecule has 1 aromatic carbocycles. The third-order valence-electron chi connectivity index (χ3n) is 2.79. The highest BCUT2D eigenvalue weighted by molar-refractivity contribution is 5.40. The van der Waals surface area contributed by atoms with Crippen LogP contribution in [-0.2, 0) is 19.4 Å². The van der Waals surface area contributed by atoms with Crippen molar-refractivity contribution in [1.29, 1.82) is 0 Å². The second-order valence-corrected chi connectivity index (χ2v) is 3.97. The van der Waals surface area contributed by atoms with E-state index in [2.05, 4.69) is 10.2 Å². The van der Waals surface area contributed by atoms with Crippen LogP contribution in [0.2, 0.25) is 0 Å². The van der Waals surface area contributed by atoms with Crippen molar-refractivity contribution < 1.29 is 13.9 Å². The van der Waals surface area contributed by atoms with Crippen molar-refractivity contribution in [2.75, 3.05) is 14.2 Å². The zero-order chi connectivity index (χ0) is 13.7. The molecule has 1 aromatic heterocycles. The van der Waals surface area contributed by atoms with E-state index in [1.807, 2.05) is 18.2 Å². The standard InChI is InChI=1S/C13H17N3O3/c1-17-10-5-3-9(11(7-10)18-2)4-6-12-15-16-13(8-14)19-12/h3,5,7H,4,6,8,14H2,1-2H3. The van der Waals surface area contributed by atoms with Crippen molar-refractivity contribution in [3.05, 3.63) is 35.5 Å². The third-order valence-corrected chi connectivity index (χ3v) is 2.79. The number of ether oxygens (including phenoxy) is 2. The Morgan fingerprint density at radius 1 is 1.11 bits per heavy atom. The Morgan fingerprint density at radius 2 is 1.89 bits per heavy atom. The summed E-state index contributed by atoms with van der Waals surface area (Å²) < 4.78 is 15.9. The molecule has 0 fully saturated rings. The fourth-order valence-electron chi connectivity index (χ4n) is 1.77. The number of aromatic nitrogens is 2. The van der Waals surface area contributed by atoms with Gasteiger partial charge in [0.1, 0.15) is 11.5 Å². The summed E-state index contributed by atoms with van der Waals surface area (Å²) in [6.45, 7) is 0.263. The van der Waals surface area contributed by atoms with Crippen LogP contribution in [0.15, 0.2) is 22.6 Å². The third kappa shape index (κ3) is 3.23. The molecule has 19 heavy (non-hydrogen) atoms. The van der Waals surface area contributed by atoms with Gasteiger partial charge in [-0.15, -0.1) is 10.2 Å². The van der Waals surface area contributed by atoms with Crippen molar-refractivity contribution in [1.82, 2.24) is 10.2 Å².